The van der Waals surface area contributed by atoms with Crippen LogP contribution >= 0.6 is 0 Å². The van der Waals surface area contributed by atoms with Gasteiger partial charge < -0.3 is 15.1 Å². The zero-order chi connectivity index (χ0) is 17.1. The van der Waals surface area contributed by atoms with Crippen molar-refractivity contribution in [3.05, 3.63) is 42.0 Å². The van der Waals surface area contributed by atoms with Crippen LogP contribution in [-0.2, 0) is 9.59 Å². The Bertz CT molecular complexity index is 504. The van der Waals surface area contributed by atoms with Gasteiger partial charge in [0.2, 0.25) is 12.3 Å². The zero-order valence-corrected chi connectivity index (χ0v) is 14.3. The molecule has 1 saturated heterocycles. The second-order valence-corrected chi connectivity index (χ2v) is 5.87. The maximum absolute atomic E-state index is 11.5. The van der Waals surface area contributed by atoms with Crippen LogP contribution in [0.25, 0.3) is 0 Å². The van der Waals surface area contributed by atoms with Crippen LogP contribution in [-0.4, -0.2) is 55.8 Å². The fourth-order valence-corrected chi connectivity index (χ4v) is 2.04. The number of likely N-dealkylation sites (tertiary alicyclic amines) is 1. The standard InChI is InChI=1S/C13H18N2O.C5H9NO/c1-11-6-8-12(9-7-11)14-13(16)5-4-10-15(2)3;7-5-6-3-1-2-4-6/h4-9H,10H2,1-3H3,(H,14,16);5H,1-4H2/b5-4+;. The number of nitrogens with zero attached hydrogens (tertiary/aromatic N) is 2. The van der Waals surface area contributed by atoms with Crippen molar-refractivity contribution in [3.63, 3.8) is 0 Å². The smallest absolute Gasteiger partial charge is 0.248 e. The monoisotopic (exact) mass is 317 g/mol. The largest absolute Gasteiger partial charge is 0.345 e. The van der Waals surface area contributed by atoms with Crippen LogP contribution < -0.4 is 5.32 Å². The fraction of sp³-hybridized carbons (Fsp3) is 0.444. The number of rotatable bonds is 5. The second-order valence-electron chi connectivity index (χ2n) is 5.87. The first-order chi connectivity index (χ1) is 11.0. The molecule has 2 amide bonds. The Kier molecular flexibility index (Phi) is 8.68. The average molecular weight is 317 g/mol. The van der Waals surface area contributed by atoms with E-state index in [4.69, 9.17) is 0 Å². The molecule has 0 unspecified atom stereocenters. The van der Waals surface area contributed by atoms with Gasteiger partial charge in [0.1, 0.15) is 0 Å². The van der Waals surface area contributed by atoms with Crippen molar-refractivity contribution in [1.82, 2.24) is 9.80 Å². The van der Waals surface area contributed by atoms with E-state index in [1.165, 1.54) is 18.4 Å². The Balaban J connectivity index is 0.000000313. The summed E-state index contributed by atoms with van der Waals surface area (Å²) < 4.78 is 0. The molecular weight excluding hydrogens is 290 g/mol. The lowest BCUT2D eigenvalue weighted by Gasteiger charge is -2.04. The molecule has 1 fully saturated rings. The van der Waals surface area contributed by atoms with Crippen molar-refractivity contribution in [2.24, 2.45) is 0 Å². The minimum absolute atomic E-state index is 0.0919. The molecule has 0 atom stereocenters. The summed E-state index contributed by atoms with van der Waals surface area (Å²) in [6.07, 6.45) is 6.70. The summed E-state index contributed by atoms with van der Waals surface area (Å²) in [6, 6.07) is 7.73. The van der Waals surface area contributed by atoms with Gasteiger partial charge in [0.05, 0.1) is 0 Å². The van der Waals surface area contributed by atoms with Crippen molar-refractivity contribution >= 4 is 18.0 Å². The molecule has 1 aromatic carbocycles. The molecule has 1 heterocycles. The zero-order valence-electron chi connectivity index (χ0n) is 14.3. The van der Waals surface area contributed by atoms with Crippen molar-refractivity contribution in [2.45, 2.75) is 19.8 Å². The Morgan fingerprint density at radius 1 is 1.22 bits per heavy atom. The van der Waals surface area contributed by atoms with Crippen LogP contribution in [0.15, 0.2) is 36.4 Å². The first-order valence-electron chi connectivity index (χ1n) is 7.89. The highest BCUT2D eigenvalue weighted by Gasteiger charge is 2.06. The first kappa shape index (κ1) is 18.9. The average Bonchev–Trinajstić information content (AvgIpc) is 3.03. The lowest BCUT2D eigenvalue weighted by Crippen LogP contribution is -2.15. The van der Waals surface area contributed by atoms with Gasteiger partial charge in [0, 0.05) is 31.4 Å². The number of aryl methyl sites for hydroxylation is 1. The number of benzene rings is 1. The van der Waals surface area contributed by atoms with Gasteiger partial charge in [0.15, 0.2) is 0 Å². The van der Waals surface area contributed by atoms with Crippen LogP contribution in [0.4, 0.5) is 5.69 Å². The van der Waals surface area contributed by atoms with E-state index >= 15 is 0 Å². The summed E-state index contributed by atoms with van der Waals surface area (Å²) in [4.78, 5) is 25.2. The van der Waals surface area contributed by atoms with Gasteiger partial charge in [-0.05, 0) is 46.0 Å². The third-order valence-electron chi connectivity index (χ3n) is 3.35. The molecule has 2 rings (SSSR count). The van der Waals surface area contributed by atoms with Gasteiger partial charge in [-0.3, -0.25) is 9.59 Å². The number of likely N-dealkylation sites (N-methyl/N-ethyl adjacent to an activating group) is 1. The number of carbonyl (C=O) groups excluding carboxylic acids is 2. The third kappa shape index (κ3) is 8.78. The molecule has 23 heavy (non-hydrogen) atoms. The lowest BCUT2D eigenvalue weighted by atomic mass is 10.2. The Morgan fingerprint density at radius 3 is 2.30 bits per heavy atom. The molecular formula is C18H27N3O2. The van der Waals surface area contributed by atoms with Crippen LogP contribution in [0.1, 0.15) is 18.4 Å². The topological polar surface area (TPSA) is 52.7 Å². The molecule has 5 nitrogen and oxygen atoms in total. The predicted octanol–water partition coefficient (Wildman–Crippen LogP) is 2.29. The van der Waals surface area contributed by atoms with Crippen molar-refractivity contribution in [2.75, 3.05) is 39.0 Å². The molecule has 0 aliphatic carbocycles. The maximum Gasteiger partial charge on any atom is 0.248 e. The lowest BCUT2D eigenvalue weighted by molar-refractivity contribution is -0.117. The van der Waals surface area contributed by atoms with E-state index in [1.54, 1.807) is 11.0 Å². The number of hydrogen-bond acceptors (Lipinski definition) is 3. The molecule has 0 saturated carbocycles. The number of nitrogens with one attached hydrogen (secondary N) is 1. The summed E-state index contributed by atoms with van der Waals surface area (Å²) >= 11 is 0. The highest BCUT2D eigenvalue weighted by Crippen LogP contribution is 2.08. The molecule has 0 spiro atoms. The number of hydrogen-bond donors (Lipinski definition) is 1. The molecule has 5 heteroatoms. The summed E-state index contributed by atoms with van der Waals surface area (Å²) in [6.45, 7) is 4.73. The van der Waals surface area contributed by atoms with E-state index in [9.17, 15) is 9.59 Å². The summed E-state index contributed by atoms with van der Waals surface area (Å²) in [7, 11) is 3.92. The summed E-state index contributed by atoms with van der Waals surface area (Å²) in [5.41, 5.74) is 2.01. The highest BCUT2D eigenvalue weighted by atomic mass is 16.1. The predicted molar refractivity (Wildman–Crippen MR) is 94.4 cm³/mol. The maximum atomic E-state index is 11.5. The number of anilines is 1. The SMILES string of the molecule is Cc1ccc(NC(=O)/C=C/CN(C)C)cc1.O=CN1CCCC1. The van der Waals surface area contributed by atoms with Crippen molar-refractivity contribution in [3.8, 4) is 0 Å². The van der Waals surface area contributed by atoms with E-state index < -0.39 is 0 Å². The Morgan fingerprint density at radius 2 is 1.83 bits per heavy atom. The molecule has 1 aliphatic heterocycles. The Hall–Kier alpha value is -2.14. The normalized spacial score (nSPS) is 13.8. The minimum atomic E-state index is -0.0919. The van der Waals surface area contributed by atoms with E-state index in [0.717, 1.165) is 31.7 Å². The van der Waals surface area contributed by atoms with E-state index in [0.29, 0.717) is 0 Å². The van der Waals surface area contributed by atoms with Gasteiger partial charge in [-0.1, -0.05) is 23.8 Å². The van der Waals surface area contributed by atoms with Gasteiger partial charge in [-0.25, -0.2) is 0 Å². The third-order valence-corrected chi connectivity index (χ3v) is 3.35. The van der Waals surface area contributed by atoms with Gasteiger partial charge in [-0.15, -0.1) is 0 Å². The molecule has 0 bridgehead atoms. The van der Waals surface area contributed by atoms with Gasteiger partial charge in [0.25, 0.3) is 0 Å². The van der Waals surface area contributed by atoms with Gasteiger partial charge >= 0.3 is 0 Å². The molecule has 0 radical (unpaired) electrons. The summed E-state index contributed by atoms with van der Waals surface area (Å²) in [5.74, 6) is -0.0919. The summed E-state index contributed by atoms with van der Waals surface area (Å²) in [5, 5.41) is 2.80. The number of carbonyl (C=O) groups is 2. The van der Waals surface area contributed by atoms with Gasteiger partial charge in [-0.2, -0.15) is 0 Å². The Labute approximate surface area is 139 Å². The quantitative estimate of drug-likeness (QED) is 0.670. The fourth-order valence-electron chi connectivity index (χ4n) is 2.04. The molecule has 0 aromatic heterocycles. The van der Waals surface area contributed by atoms with E-state index in [2.05, 4.69) is 5.32 Å². The molecule has 1 aromatic rings. The van der Waals surface area contributed by atoms with Crippen molar-refractivity contribution < 1.29 is 9.59 Å². The first-order valence-corrected chi connectivity index (χ1v) is 7.89. The van der Waals surface area contributed by atoms with E-state index in [-0.39, 0.29) is 5.91 Å². The molecule has 126 valence electrons. The van der Waals surface area contributed by atoms with Crippen LogP contribution in [0.5, 0.6) is 0 Å². The van der Waals surface area contributed by atoms with Crippen LogP contribution in [0, 0.1) is 6.92 Å². The number of amides is 2. The van der Waals surface area contributed by atoms with Crippen molar-refractivity contribution in [1.29, 1.82) is 0 Å². The minimum Gasteiger partial charge on any atom is -0.345 e. The van der Waals surface area contributed by atoms with Crippen LogP contribution in [0.3, 0.4) is 0 Å². The van der Waals surface area contributed by atoms with E-state index in [1.807, 2.05) is 56.3 Å². The molecule has 1 N–H and O–H groups in total. The highest BCUT2D eigenvalue weighted by molar-refractivity contribution is 5.99. The molecule has 1 aliphatic rings. The second kappa shape index (κ2) is 10.6. The van der Waals surface area contributed by atoms with Crippen LogP contribution in [0.2, 0.25) is 0 Å².